The Hall–Kier alpha value is -3.33. The van der Waals surface area contributed by atoms with Gasteiger partial charge in [0.2, 0.25) is 0 Å². The summed E-state index contributed by atoms with van der Waals surface area (Å²) in [6, 6.07) is 5.33. The van der Waals surface area contributed by atoms with Gasteiger partial charge in [0.1, 0.15) is 16.9 Å². The van der Waals surface area contributed by atoms with Gasteiger partial charge in [0, 0.05) is 60.5 Å². The van der Waals surface area contributed by atoms with Crippen molar-refractivity contribution in [2.45, 2.75) is 31.0 Å². The largest absolute Gasteiger partial charge is 0.464 e. The number of nitrogens with one attached hydrogen (secondary N) is 2. The predicted octanol–water partition coefficient (Wildman–Crippen LogP) is 0.975. The van der Waals surface area contributed by atoms with Crippen molar-refractivity contribution in [1.82, 2.24) is 24.1 Å². The van der Waals surface area contributed by atoms with Crippen LogP contribution in [0.25, 0.3) is 10.9 Å². The molecule has 5 rings (SSSR count). The van der Waals surface area contributed by atoms with Crippen LogP contribution in [0.3, 0.4) is 0 Å². The third-order valence-electron chi connectivity index (χ3n) is 6.79. The van der Waals surface area contributed by atoms with Crippen molar-refractivity contribution in [2.75, 3.05) is 39.8 Å². The second kappa shape index (κ2) is 10.1. The molecular weight excluding hydrogens is 530 g/mol. The van der Waals surface area contributed by atoms with Crippen LogP contribution in [0.1, 0.15) is 32.9 Å². The molecule has 202 valence electrons. The van der Waals surface area contributed by atoms with Gasteiger partial charge in [0.05, 0.1) is 12.3 Å². The predicted molar refractivity (Wildman–Crippen MR) is 142 cm³/mol. The fraction of sp³-hybridized carbons (Fsp3) is 0.417. The summed E-state index contributed by atoms with van der Waals surface area (Å²) < 4.78 is 33.6. The minimum absolute atomic E-state index is 0.00582. The summed E-state index contributed by atoms with van der Waals surface area (Å²) >= 11 is 1.32. The van der Waals surface area contributed by atoms with Crippen molar-refractivity contribution < 1.29 is 22.7 Å². The molecule has 2 aromatic heterocycles. The molecule has 4 heterocycles. The number of amidine groups is 1. The highest BCUT2D eigenvalue weighted by Gasteiger charge is 2.42. The first-order chi connectivity index (χ1) is 18.1. The molecule has 1 unspecified atom stereocenters. The molecule has 1 fully saturated rings. The van der Waals surface area contributed by atoms with Crippen molar-refractivity contribution in [3.63, 3.8) is 0 Å². The number of carbonyl (C=O) groups is 2. The van der Waals surface area contributed by atoms with E-state index in [-0.39, 0.29) is 37.1 Å². The molecule has 0 spiro atoms. The second-order valence-electron chi connectivity index (χ2n) is 9.36. The van der Waals surface area contributed by atoms with Crippen molar-refractivity contribution in [3.05, 3.63) is 45.4 Å². The number of piperazine rings is 1. The zero-order valence-corrected chi connectivity index (χ0v) is 22.7. The summed E-state index contributed by atoms with van der Waals surface area (Å²) in [5.74, 6) is -1.19. The highest BCUT2D eigenvalue weighted by atomic mass is 32.2. The quantitative estimate of drug-likeness (QED) is 0.228. The van der Waals surface area contributed by atoms with Gasteiger partial charge in [0.15, 0.2) is 5.01 Å². The van der Waals surface area contributed by atoms with Crippen molar-refractivity contribution in [3.8, 4) is 0 Å². The third kappa shape index (κ3) is 4.79. The molecule has 3 aromatic rings. The molecule has 0 bridgehead atoms. The van der Waals surface area contributed by atoms with Gasteiger partial charge in [-0.3, -0.25) is 10.2 Å². The number of nitrogens with two attached hydrogens (primary N) is 1. The molecule has 0 saturated carbocycles. The van der Waals surface area contributed by atoms with Crippen LogP contribution in [0.4, 0.5) is 0 Å². The lowest BCUT2D eigenvalue weighted by Gasteiger charge is -2.38. The fourth-order valence-corrected chi connectivity index (χ4v) is 7.34. The first-order valence-corrected chi connectivity index (χ1v) is 14.5. The van der Waals surface area contributed by atoms with Gasteiger partial charge in [0.25, 0.3) is 15.9 Å². The molecule has 2 aliphatic heterocycles. The van der Waals surface area contributed by atoms with Gasteiger partial charge >= 0.3 is 5.97 Å². The topological polar surface area (TPSA) is 166 Å². The number of carbonyl (C=O) groups excluding carboxylic acids is 2. The number of benzene rings is 1. The number of aromatic amines is 1. The van der Waals surface area contributed by atoms with Crippen LogP contribution in [0.5, 0.6) is 0 Å². The van der Waals surface area contributed by atoms with E-state index >= 15 is 0 Å². The number of nitrogen functional groups attached to an aromatic ring is 1. The Morgan fingerprint density at radius 1 is 1.26 bits per heavy atom. The van der Waals surface area contributed by atoms with Crippen LogP contribution in [0.15, 0.2) is 29.3 Å². The Morgan fingerprint density at radius 3 is 2.79 bits per heavy atom. The van der Waals surface area contributed by atoms with E-state index in [2.05, 4.69) is 14.9 Å². The van der Waals surface area contributed by atoms with E-state index in [9.17, 15) is 18.0 Å². The number of esters is 1. The molecule has 2 aliphatic rings. The Kier molecular flexibility index (Phi) is 6.98. The van der Waals surface area contributed by atoms with E-state index in [1.54, 1.807) is 25.1 Å². The molecule has 4 N–H and O–H groups in total. The molecule has 1 saturated heterocycles. The number of likely N-dealkylation sites (N-methyl/N-ethyl adjacent to an activating group) is 1. The number of ether oxygens (including phenoxy) is 1. The van der Waals surface area contributed by atoms with Gasteiger partial charge in [-0.1, -0.05) is 12.1 Å². The number of H-pyrrole nitrogens is 1. The highest BCUT2D eigenvalue weighted by Crippen LogP contribution is 2.28. The fourth-order valence-electron chi connectivity index (χ4n) is 4.74. The van der Waals surface area contributed by atoms with E-state index in [0.29, 0.717) is 28.0 Å². The monoisotopic (exact) mass is 559 g/mol. The number of fused-ring (bicyclic) bond motifs is 2. The molecule has 12 nitrogen and oxygen atoms in total. The lowest BCUT2D eigenvalue weighted by Crippen LogP contribution is -2.59. The van der Waals surface area contributed by atoms with Crippen LogP contribution >= 0.6 is 11.3 Å². The number of hydrogen-bond acceptors (Lipinski definition) is 9. The van der Waals surface area contributed by atoms with E-state index < -0.39 is 27.9 Å². The van der Waals surface area contributed by atoms with Crippen LogP contribution in [-0.2, 0) is 32.5 Å². The van der Waals surface area contributed by atoms with Crippen LogP contribution in [0.2, 0.25) is 0 Å². The molecule has 0 radical (unpaired) electrons. The lowest BCUT2D eigenvalue weighted by atomic mass is 10.1. The Morgan fingerprint density at radius 2 is 2.05 bits per heavy atom. The Balaban J connectivity index is 1.41. The van der Waals surface area contributed by atoms with E-state index in [0.717, 1.165) is 23.5 Å². The maximum absolute atomic E-state index is 13.6. The van der Waals surface area contributed by atoms with E-state index in [4.69, 9.17) is 15.9 Å². The molecule has 1 amide bonds. The average molecular weight is 560 g/mol. The summed E-state index contributed by atoms with van der Waals surface area (Å²) in [6.45, 7) is 3.11. The molecule has 0 aliphatic carbocycles. The zero-order valence-electron chi connectivity index (χ0n) is 21.1. The number of rotatable bonds is 6. The number of nitrogens with zero attached hydrogens (tertiary/aromatic N) is 4. The first kappa shape index (κ1) is 26.3. The summed E-state index contributed by atoms with van der Waals surface area (Å²) in [4.78, 5) is 38.4. The summed E-state index contributed by atoms with van der Waals surface area (Å²) in [5.41, 5.74) is 7.44. The zero-order chi connectivity index (χ0) is 27.2. The van der Waals surface area contributed by atoms with E-state index in [1.807, 2.05) is 7.05 Å². The lowest BCUT2D eigenvalue weighted by molar-refractivity contribution is -0.149. The smallest absolute Gasteiger partial charge is 0.330 e. The SMILES string of the molecule is CCOC(=O)C1CN(S(=O)(=O)c2cc3ccc(C(=N)N)cc3[nH]2)CCN1C(=O)c1nc2c(s1)CN(C)CC2. The minimum atomic E-state index is -4.03. The molecule has 38 heavy (non-hydrogen) atoms. The number of aromatic nitrogens is 2. The average Bonchev–Trinajstić information content (AvgIpc) is 3.52. The van der Waals surface area contributed by atoms with Crippen molar-refractivity contribution >= 4 is 50.0 Å². The highest BCUT2D eigenvalue weighted by molar-refractivity contribution is 7.89. The maximum atomic E-state index is 13.6. The minimum Gasteiger partial charge on any atom is -0.464 e. The molecule has 14 heteroatoms. The van der Waals surface area contributed by atoms with Gasteiger partial charge < -0.3 is 25.3 Å². The van der Waals surface area contributed by atoms with Gasteiger partial charge in [-0.05, 0) is 26.1 Å². The van der Waals surface area contributed by atoms with Gasteiger partial charge in [-0.25, -0.2) is 18.2 Å². The van der Waals surface area contributed by atoms with Crippen LogP contribution < -0.4 is 5.73 Å². The van der Waals surface area contributed by atoms with Gasteiger partial charge in [-0.2, -0.15) is 4.31 Å². The Bertz CT molecular complexity index is 1530. The van der Waals surface area contributed by atoms with E-state index in [1.165, 1.54) is 26.6 Å². The maximum Gasteiger partial charge on any atom is 0.330 e. The second-order valence-corrected chi connectivity index (χ2v) is 12.3. The third-order valence-corrected chi connectivity index (χ3v) is 9.65. The van der Waals surface area contributed by atoms with Gasteiger partial charge in [-0.15, -0.1) is 11.3 Å². The number of amides is 1. The normalized spacial score (nSPS) is 18.9. The summed E-state index contributed by atoms with van der Waals surface area (Å²) in [7, 11) is -2.02. The number of sulfonamides is 1. The van der Waals surface area contributed by atoms with Crippen molar-refractivity contribution in [2.24, 2.45) is 5.73 Å². The molecule has 1 atom stereocenters. The first-order valence-electron chi connectivity index (χ1n) is 12.2. The molecular formula is C24H29N7O5S2. The van der Waals surface area contributed by atoms with Crippen LogP contribution in [-0.4, -0.2) is 96.1 Å². The molecule has 1 aromatic carbocycles. The number of hydrogen-bond donors (Lipinski definition) is 3. The van der Waals surface area contributed by atoms with Crippen LogP contribution in [0, 0.1) is 5.41 Å². The summed E-state index contributed by atoms with van der Waals surface area (Å²) in [5, 5.41) is 8.51. The Labute approximate surface area is 223 Å². The van der Waals surface area contributed by atoms with Crippen molar-refractivity contribution in [1.29, 1.82) is 5.41 Å². The summed E-state index contributed by atoms with van der Waals surface area (Å²) in [6.07, 6.45) is 0.751. The number of thiazole rings is 1. The standard InChI is InChI=1S/C24H29N7O5S2/c1-3-36-24(33)18-12-30(38(34,35)20-11-14-4-5-15(21(25)26)10-17(14)27-20)8-9-31(18)23(32)22-28-16-6-7-29(2)13-19(16)37-22/h4-5,10-11,18,27H,3,6-9,12-13H2,1-2H3,(H3,25,26).